The van der Waals surface area contributed by atoms with E-state index in [1.54, 1.807) is 25.3 Å². The van der Waals surface area contributed by atoms with Crippen molar-refractivity contribution in [2.24, 2.45) is 0 Å². The summed E-state index contributed by atoms with van der Waals surface area (Å²) in [6.45, 7) is 1.84. The normalized spacial score (nSPS) is 10.2. The molecule has 0 unspecified atom stereocenters. The van der Waals surface area contributed by atoms with Crippen molar-refractivity contribution >= 4 is 11.6 Å². The summed E-state index contributed by atoms with van der Waals surface area (Å²) in [5, 5.41) is 2.58. The maximum Gasteiger partial charge on any atom is 0.229 e. The molecule has 0 saturated carbocycles. The van der Waals surface area contributed by atoms with Crippen LogP contribution in [0.15, 0.2) is 42.5 Å². The number of carbonyl (C=O) groups excluding carboxylic acids is 1. The smallest absolute Gasteiger partial charge is 0.229 e. The Kier molecular flexibility index (Phi) is 4.35. The molecule has 2 rings (SSSR count). The van der Waals surface area contributed by atoms with Gasteiger partial charge in [0.2, 0.25) is 5.91 Å². The molecule has 3 nitrogen and oxygen atoms in total. The van der Waals surface area contributed by atoms with Crippen molar-refractivity contribution in [3.05, 3.63) is 59.4 Å². The summed E-state index contributed by atoms with van der Waals surface area (Å²) in [7, 11) is 1.55. The Morgan fingerprint density at radius 1 is 1.25 bits per heavy atom. The number of hydrogen-bond acceptors (Lipinski definition) is 2. The predicted molar refractivity (Wildman–Crippen MR) is 76.5 cm³/mol. The molecule has 2 aromatic carbocycles. The molecule has 0 radical (unpaired) electrons. The largest absolute Gasteiger partial charge is 0.496 e. The summed E-state index contributed by atoms with van der Waals surface area (Å²) in [5.74, 6) is -0.0738. The molecular weight excluding hydrogens is 257 g/mol. The van der Waals surface area contributed by atoms with E-state index in [1.165, 1.54) is 6.07 Å². The van der Waals surface area contributed by atoms with Crippen molar-refractivity contribution in [1.29, 1.82) is 0 Å². The van der Waals surface area contributed by atoms with Gasteiger partial charge in [-0.25, -0.2) is 4.39 Å². The SMILES string of the molecule is COc1ccccc1CC(=O)Nc1cc(C)ccc1F. The van der Waals surface area contributed by atoms with Gasteiger partial charge in [0, 0.05) is 5.56 Å². The Morgan fingerprint density at radius 2 is 2.00 bits per heavy atom. The van der Waals surface area contributed by atoms with Crippen LogP contribution in [0.1, 0.15) is 11.1 Å². The second-order valence-corrected chi connectivity index (χ2v) is 4.52. The van der Waals surface area contributed by atoms with Gasteiger partial charge in [0.15, 0.2) is 0 Å². The lowest BCUT2D eigenvalue weighted by molar-refractivity contribution is -0.115. The molecule has 4 heteroatoms. The fourth-order valence-electron chi connectivity index (χ4n) is 1.95. The van der Waals surface area contributed by atoms with E-state index in [-0.39, 0.29) is 18.0 Å². The van der Waals surface area contributed by atoms with Gasteiger partial charge in [0.1, 0.15) is 11.6 Å². The van der Waals surface area contributed by atoms with Crippen molar-refractivity contribution in [2.75, 3.05) is 12.4 Å². The number of para-hydroxylation sites is 1. The quantitative estimate of drug-likeness (QED) is 0.928. The molecule has 0 fully saturated rings. The minimum atomic E-state index is -0.441. The lowest BCUT2D eigenvalue weighted by Crippen LogP contribution is -2.16. The van der Waals surface area contributed by atoms with Crippen LogP contribution in [0.2, 0.25) is 0 Å². The number of anilines is 1. The van der Waals surface area contributed by atoms with Crippen molar-refractivity contribution in [3.8, 4) is 5.75 Å². The van der Waals surface area contributed by atoms with Crippen molar-refractivity contribution in [2.45, 2.75) is 13.3 Å². The summed E-state index contributed by atoms with van der Waals surface area (Å²) in [6, 6.07) is 11.9. The van der Waals surface area contributed by atoms with Crippen LogP contribution in [-0.2, 0) is 11.2 Å². The van der Waals surface area contributed by atoms with Gasteiger partial charge in [0.05, 0.1) is 19.2 Å². The van der Waals surface area contributed by atoms with E-state index < -0.39 is 5.82 Å². The Hall–Kier alpha value is -2.36. The highest BCUT2D eigenvalue weighted by molar-refractivity contribution is 5.92. The monoisotopic (exact) mass is 273 g/mol. The molecule has 0 saturated heterocycles. The molecule has 1 amide bonds. The lowest BCUT2D eigenvalue weighted by atomic mass is 10.1. The number of benzene rings is 2. The standard InChI is InChI=1S/C16H16FNO2/c1-11-7-8-13(17)14(9-11)18-16(19)10-12-5-3-4-6-15(12)20-2/h3-9H,10H2,1-2H3,(H,18,19). The molecule has 20 heavy (non-hydrogen) atoms. The van der Waals surface area contributed by atoms with Crippen LogP contribution in [0, 0.1) is 12.7 Å². The number of halogens is 1. The number of rotatable bonds is 4. The summed E-state index contributed by atoms with van der Waals surface area (Å²) in [6.07, 6.45) is 0.136. The van der Waals surface area contributed by atoms with Crippen molar-refractivity contribution in [1.82, 2.24) is 0 Å². The second kappa shape index (κ2) is 6.19. The molecule has 0 spiro atoms. The fraction of sp³-hybridized carbons (Fsp3) is 0.188. The van der Waals surface area contributed by atoms with Gasteiger partial charge in [-0.1, -0.05) is 24.3 Å². The van der Waals surface area contributed by atoms with Crippen LogP contribution in [0.3, 0.4) is 0 Å². The van der Waals surface area contributed by atoms with E-state index >= 15 is 0 Å². The summed E-state index contributed by atoms with van der Waals surface area (Å²) in [4.78, 5) is 12.0. The maximum absolute atomic E-state index is 13.6. The third-order valence-electron chi connectivity index (χ3n) is 2.94. The first kappa shape index (κ1) is 14.1. The summed E-state index contributed by atoms with van der Waals surface area (Å²) < 4.78 is 18.8. The molecule has 0 aliphatic rings. The number of methoxy groups -OCH3 is 1. The fourth-order valence-corrected chi connectivity index (χ4v) is 1.95. The van der Waals surface area contributed by atoms with Gasteiger partial charge in [-0.15, -0.1) is 0 Å². The van der Waals surface area contributed by atoms with Gasteiger partial charge in [0.25, 0.3) is 0 Å². The van der Waals surface area contributed by atoms with Crippen LogP contribution >= 0.6 is 0 Å². The Morgan fingerprint density at radius 3 is 2.75 bits per heavy atom. The Bertz CT molecular complexity index is 626. The molecule has 2 aromatic rings. The third-order valence-corrected chi connectivity index (χ3v) is 2.94. The van der Waals surface area contributed by atoms with E-state index in [4.69, 9.17) is 4.74 Å². The second-order valence-electron chi connectivity index (χ2n) is 4.52. The average molecular weight is 273 g/mol. The van der Waals surface area contributed by atoms with Crippen LogP contribution < -0.4 is 10.1 Å². The molecule has 0 aliphatic heterocycles. The number of ether oxygens (including phenoxy) is 1. The van der Waals surface area contributed by atoms with Crippen LogP contribution in [0.25, 0.3) is 0 Å². The molecular formula is C16H16FNO2. The molecule has 104 valence electrons. The van der Waals surface area contributed by atoms with Gasteiger partial charge >= 0.3 is 0 Å². The van der Waals surface area contributed by atoms with Crippen molar-refractivity contribution < 1.29 is 13.9 Å². The average Bonchev–Trinajstić information content (AvgIpc) is 2.43. The number of amides is 1. The van der Waals surface area contributed by atoms with Crippen LogP contribution in [0.4, 0.5) is 10.1 Å². The maximum atomic E-state index is 13.6. The van der Waals surface area contributed by atoms with Gasteiger partial charge in [-0.05, 0) is 30.7 Å². The summed E-state index contributed by atoms with van der Waals surface area (Å²) in [5.41, 5.74) is 1.85. The van der Waals surface area contributed by atoms with Gasteiger partial charge in [-0.3, -0.25) is 4.79 Å². The molecule has 0 heterocycles. The topological polar surface area (TPSA) is 38.3 Å². The van der Waals surface area contributed by atoms with Gasteiger partial charge in [-0.2, -0.15) is 0 Å². The Balaban J connectivity index is 2.11. The van der Waals surface area contributed by atoms with Crippen LogP contribution in [0.5, 0.6) is 5.75 Å². The molecule has 0 atom stereocenters. The lowest BCUT2D eigenvalue weighted by Gasteiger charge is -2.10. The van der Waals surface area contributed by atoms with E-state index in [0.717, 1.165) is 11.1 Å². The van der Waals surface area contributed by atoms with E-state index in [9.17, 15) is 9.18 Å². The number of nitrogens with one attached hydrogen (secondary N) is 1. The number of aryl methyl sites for hydroxylation is 1. The molecule has 0 aromatic heterocycles. The minimum absolute atomic E-state index is 0.136. The van der Waals surface area contributed by atoms with E-state index in [0.29, 0.717) is 5.75 Å². The molecule has 1 N–H and O–H groups in total. The first-order valence-electron chi connectivity index (χ1n) is 6.28. The predicted octanol–water partition coefficient (Wildman–Crippen LogP) is 3.32. The zero-order chi connectivity index (χ0) is 14.5. The first-order chi connectivity index (χ1) is 9.60. The zero-order valence-corrected chi connectivity index (χ0v) is 11.4. The minimum Gasteiger partial charge on any atom is -0.496 e. The highest BCUT2D eigenvalue weighted by Crippen LogP contribution is 2.20. The van der Waals surface area contributed by atoms with E-state index in [1.807, 2.05) is 25.1 Å². The zero-order valence-electron chi connectivity index (χ0n) is 11.4. The van der Waals surface area contributed by atoms with E-state index in [2.05, 4.69) is 5.32 Å². The highest BCUT2D eigenvalue weighted by Gasteiger charge is 2.10. The first-order valence-corrected chi connectivity index (χ1v) is 6.28. The van der Waals surface area contributed by atoms with Crippen molar-refractivity contribution in [3.63, 3.8) is 0 Å². The number of hydrogen-bond donors (Lipinski definition) is 1. The van der Waals surface area contributed by atoms with Gasteiger partial charge < -0.3 is 10.1 Å². The summed E-state index contributed by atoms with van der Waals surface area (Å²) >= 11 is 0. The molecule has 0 bridgehead atoms. The highest BCUT2D eigenvalue weighted by atomic mass is 19.1. The van der Waals surface area contributed by atoms with Crippen LogP contribution in [-0.4, -0.2) is 13.0 Å². The third kappa shape index (κ3) is 3.35. The number of carbonyl (C=O) groups is 1. The molecule has 0 aliphatic carbocycles. The Labute approximate surface area is 117 Å².